The van der Waals surface area contributed by atoms with E-state index in [4.69, 9.17) is 4.42 Å². The van der Waals surface area contributed by atoms with Crippen molar-refractivity contribution in [3.05, 3.63) is 46.2 Å². The second-order valence-corrected chi connectivity index (χ2v) is 5.43. The monoisotopic (exact) mass is 322 g/mol. The van der Waals surface area contributed by atoms with Gasteiger partial charge < -0.3 is 14.8 Å². The maximum Gasteiger partial charge on any atom is 0.306 e. The SMILES string of the molecule is Cc1ccc(C(C)(O)CNC(=O)CCn2cc([N+](=O)[O-])cn2)o1. The summed E-state index contributed by atoms with van der Waals surface area (Å²) < 4.78 is 6.68. The molecule has 2 heterocycles. The number of nitrogens with one attached hydrogen (secondary N) is 1. The fourth-order valence-corrected chi connectivity index (χ4v) is 1.96. The van der Waals surface area contributed by atoms with Crippen LogP contribution in [0, 0.1) is 17.0 Å². The van der Waals surface area contributed by atoms with E-state index in [1.807, 2.05) is 0 Å². The molecule has 0 aromatic carbocycles. The van der Waals surface area contributed by atoms with Crippen molar-refractivity contribution in [3.8, 4) is 0 Å². The number of hydrogen-bond donors (Lipinski definition) is 2. The van der Waals surface area contributed by atoms with Gasteiger partial charge in [-0.3, -0.25) is 19.6 Å². The number of nitrogens with zero attached hydrogens (tertiary/aromatic N) is 3. The van der Waals surface area contributed by atoms with Crippen molar-refractivity contribution in [3.63, 3.8) is 0 Å². The summed E-state index contributed by atoms with van der Waals surface area (Å²) in [6, 6.07) is 3.39. The Morgan fingerprint density at radius 1 is 1.57 bits per heavy atom. The number of nitro groups is 1. The molecule has 0 aliphatic rings. The number of aryl methyl sites for hydroxylation is 2. The van der Waals surface area contributed by atoms with E-state index in [0.717, 1.165) is 6.20 Å². The van der Waals surface area contributed by atoms with E-state index in [1.165, 1.54) is 10.9 Å². The molecule has 0 aliphatic carbocycles. The molecule has 1 unspecified atom stereocenters. The highest BCUT2D eigenvalue weighted by Gasteiger charge is 2.27. The average molecular weight is 322 g/mol. The zero-order valence-electron chi connectivity index (χ0n) is 12.9. The van der Waals surface area contributed by atoms with Gasteiger partial charge in [-0.2, -0.15) is 5.10 Å². The molecule has 23 heavy (non-hydrogen) atoms. The van der Waals surface area contributed by atoms with Crippen LogP contribution >= 0.6 is 0 Å². The van der Waals surface area contributed by atoms with Gasteiger partial charge in [-0.05, 0) is 26.0 Å². The highest BCUT2D eigenvalue weighted by Crippen LogP contribution is 2.21. The first-order chi connectivity index (χ1) is 10.8. The molecular formula is C14H18N4O5. The zero-order valence-corrected chi connectivity index (χ0v) is 12.9. The largest absolute Gasteiger partial charge is 0.463 e. The molecule has 1 atom stereocenters. The standard InChI is InChI=1S/C14H18N4O5/c1-10-3-4-12(23-10)14(2,20)9-15-13(19)5-6-17-8-11(7-16-17)18(21)22/h3-4,7-8,20H,5-6,9H2,1-2H3,(H,15,19). The minimum absolute atomic E-state index is 0.00194. The van der Waals surface area contributed by atoms with Crippen molar-refractivity contribution in [1.82, 2.24) is 15.1 Å². The van der Waals surface area contributed by atoms with E-state index < -0.39 is 10.5 Å². The van der Waals surface area contributed by atoms with Crippen molar-refractivity contribution in [1.29, 1.82) is 0 Å². The molecule has 124 valence electrons. The van der Waals surface area contributed by atoms with Crippen LogP contribution in [0.5, 0.6) is 0 Å². The van der Waals surface area contributed by atoms with Gasteiger partial charge >= 0.3 is 5.69 Å². The van der Waals surface area contributed by atoms with Gasteiger partial charge in [0.05, 0.1) is 11.5 Å². The predicted molar refractivity (Wildman–Crippen MR) is 79.5 cm³/mol. The summed E-state index contributed by atoms with van der Waals surface area (Å²) in [6.45, 7) is 3.52. The summed E-state index contributed by atoms with van der Waals surface area (Å²) in [5, 5.41) is 27.2. The van der Waals surface area contributed by atoms with E-state index in [-0.39, 0.29) is 31.1 Å². The summed E-state index contributed by atoms with van der Waals surface area (Å²) >= 11 is 0. The highest BCUT2D eigenvalue weighted by atomic mass is 16.6. The van der Waals surface area contributed by atoms with Crippen LogP contribution in [-0.2, 0) is 16.9 Å². The lowest BCUT2D eigenvalue weighted by Gasteiger charge is -2.21. The van der Waals surface area contributed by atoms with Gasteiger partial charge in [0.15, 0.2) is 0 Å². The molecule has 0 radical (unpaired) electrons. The molecule has 2 aromatic rings. The Bertz CT molecular complexity index is 704. The Kier molecular flexibility index (Phi) is 4.80. The summed E-state index contributed by atoms with van der Waals surface area (Å²) in [4.78, 5) is 21.8. The van der Waals surface area contributed by atoms with Crippen LogP contribution in [-0.4, -0.2) is 32.3 Å². The molecule has 0 saturated heterocycles. The molecule has 1 amide bonds. The first kappa shape index (κ1) is 16.7. The van der Waals surface area contributed by atoms with Crippen LogP contribution in [0.25, 0.3) is 0 Å². The molecule has 0 spiro atoms. The molecule has 0 bridgehead atoms. The summed E-state index contributed by atoms with van der Waals surface area (Å²) in [7, 11) is 0. The average Bonchev–Trinajstić information content (AvgIpc) is 3.12. The van der Waals surface area contributed by atoms with Crippen molar-refractivity contribution in [2.24, 2.45) is 0 Å². The molecule has 2 N–H and O–H groups in total. The maximum absolute atomic E-state index is 11.8. The number of amides is 1. The fourth-order valence-electron chi connectivity index (χ4n) is 1.96. The smallest absolute Gasteiger partial charge is 0.306 e. The normalized spacial score (nSPS) is 13.5. The Balaban J connectivity index is 1.81. The van der Waals surface area contributed by atoms with Gasteiger partial charge in [-0.25, -0.2) is 0 Å². The molecule has 0 saturated carbocycles. The van der Waals surface area contributed by atoms with Crippen molar-refractivity contribution >= 4 is 11.6 Å². The molecular weight excluding hydrogens is 304 g/mol. The predicted octanol–water partition coefficient (Wildman–Crippen LogP) is 1.11. The topological polar surface area (TPSA) is 123 Å². The minimum Gasteiger partial charge on any atom is -0.463 e. The third kappa shape index (κ3) is 4.39. The highest BCUT2D eigenvalue weighted by molar-refractivity contribution is 5.75. The third-order valence-electron chi connectivity index (χ3n) is 3.30. The van der Waals surface area contributed by atoms with Gasteiger partial charge in [0.1, 0.15) is 29.5 Å². The number of rotatable bonds is 7. The lowest BCUT2D eigenvalue weighted by Crippen LogP contribution is -2.38. The molecule has 0 fully saturated rings. The number of carbonyl (C=O) groups is 1. The van der Waals surface area contributed by atoms with E-state index in [0.29, 0.717) is 11.5 Å². The van der Waals surface area contributed by atoms with Crippen molar-refractivity contribution < 1.29 is 19.2 Å². The summed E-state index contributed by atoms with van der Waals surface area (Å²) in [5.74, 6) is 0.747. The minimum atomic E-state index is -1.31. The number of carbonyl (C=O) groups excluding carboxylic acids is 1. The Labute approximate surface area is 132 Å². The third-order valence-corrected chi connectivity index (χ3v) is 3.30. The number of furan rings is 1. The van der Waals surface area contributed by atoms with E-state index >= 15 is 0 Å². The second-order valence-electron chi connectivity index (χ2n) is 5.43. The molecule has 2 rings (SSSR count). The van der Waals surface area contributed by atoms with Crippen molar-refractivity contribution in [2.75, 3.05) is 6.54 Å². The quantitative estimate of drug-likeness (QED) is 0.581. The van der Waals surface area contributed by atoms with Crippen LogP contribution in [0.4, 0.5) is 5.69 Å². The van der Waals surface area contributed by atoms with Gasteiger partial charge in [0.25, 0.3) is 0 Å². The Morgan fingerprint density at radius 3 is 2.87 bits per heavy atom. The summed E-state index contributed by atoms with van der Waals surface area (Å²) in [6.07, 6.45) is 2.48. The lowest BCUT2D eigenvalue weighted by atomic mass is 10.0. The fraction of sp³-hybridized carbons (Fsp3) is 0.429. The van der Waals surface area contributed by atoms with Crippen molar-refractivity contribution in [2.45, 2.75) is 32.4 Å². The second kappa shape index (κ2) is 6.61. The van der Waals surface area contributed by atoms with Crippen LogP contribution in [0.2, 0.25) is 0 Å². The molecule has 9 nitrogen and oxygen atoms in total. The van der Waals surface area contributed by atoms with E-state index in [9.17, 15) is 20.0 Å². The molecule has 9 heteroatoms. The first-order valence-corrected chi connectivity index (χ1v) is 7.01. The van der Waals surface area contributed by atoms with Crippen LogP contribution in [0.3, 0.4) is 0 Å². The Morgan fingerprint density at radius 2 is 2.30 bits per heavy atom. The van der Waals surface area contributed by atoms with Gasteiger partial charge in [-0.15, -0.1) is 0 Å². The number of aliphatic hydroxyl groups is 1. The lowest BCUT2D eigenvalue weighted by molar-refractivity contribution is -0.385. The molecule has 2 aromatic heterocycles. The first-order valence-electron chi connectivity index (χ1n) is 7.01. The number of hydrogen-bond acceptors (Lipinski definition) is 6. The molecule has 0 aliphatic heterocycles. The number of aromatic nitrogens is 2. The van der Waals surface area contributed by atoms with Gasteiger partial charge in [0, 0.05) is 13.0 Å². The van der Waals surface area contributed by atoms with Crippen LogP contribution in [0.1, 0.15) is 24.9 Å². The Hall–Kier alpha value is -2.68. The van der Waals surface area contributed by atoms with Crippen LogP contribution in [0.15, 0.2) is 28.9 Å². The van der Waals surface area contributed by atoms with Gasteiger partial charge in [0.2, 0.25) is 5.91 Å². The van der Waals surface area contributed by atoms with E-state index in [1.54, 1.807) is 26.0 Å². The maximum atomic E-state index is 11.8. The van der Waals surface area contributed by atoms with E-state index in [2.05, 4.69) is 10.4 Å². The zero-order chi connectivity index (χ0) is 17.0. The summed E-state index contributed by atoms with van der Waals surface area (Å²) in [5.41, 5.74) is -1.43. The van der Waals surface area contributed by atoms with Gasteiger partial charge in [-0.1, -0.05) is 0 Å². The van der Waals surface area contributed by atoms with Crippen LogP contribution < -0.4 is 5.32 Å².